The van der Waals surface area contributed by atoms with Crippen LogP contribution in [-0.2, 0) is 0 Å². The zero-order valence-electron chi connectivity index (χ0n) is 7.95. The van der Waals surface area contributed by atoms with Crippen LogP contribution in [-0.4, -0.2) is 30.8 Å². The molecule has 0 aliphatic heterocycles. The van der Waals surface area contributed by atoms with Crippen molar-refractivity contribution in [2.45, 2.75) is 6.92 Å². The Balaban J connectivity index is 2.54. The Kier molecular flexibility index (Phi) is 2.17. The minimum Gasteiger partial charge on any atom is -0.475 e. The van der Waals surface area contributed by atoms with Gasteiger partial charge in [-0.3, -0.25) is 4.57 Å². The van der Waals surface area contributed by atoms with E-state index in [1.807, 2.05) is 6.92 Å². The predicted molar refractivity (Wildman–Crippen MR) is 50.9 cm³/mol. The van der Waals surface area contributed by atoms with Crippen molar-refractivity contribution in [1.82, 2.24) is 19.7 Å². The second-order valence-corrected chi connectivity index (χ2v) is 3.02. The fraction of sp³-hybridized carbons (Fsp3) is 0.111. The summed E-state index contributed by atoms with van der Waals surface area (Å²) in [5, 5.41) is 16.4. The normalized spacial score (nSPS) is 10.2. The molecule has 2 aromatic heterocycles. The van der Waals surface area contributed by atoms with E-state index in [-0.39, 0.29) is 5.82 Å². The fourth-order valence-electron chi connectivity index (χ4n) is 1.21. The summed E-state index contributed by atoms with van der Waals surface area (Å²) in [6.45, 7) is 1.86. The molecule has 6 nitrogen and oxygen atoms in total. The van der Waals surface area contributed by atoms with E-state index in [2.05, 4.69) is 15.2 Å². The second kappa shape index (κ2) is 3.49. The molecule has 0 amide bonds. The molecule has 0 aliphatic rings. The first-order valence-corrected chi connectivity index (χ1v) is 4.25. The van der Waals surface area contributed by atoms with Crippen LogP contribution in [0.15, 0.2) is 24.7 Å². The first-order chi connectivity index (χ1) is 7.18. The maximum atomic E-state index is 10.8. The van der Waals surface area contributed by atoms with Gasteiger partial charge in [0.2, 0.25) is 5.82 Å². The minimum atomic E-state index is -1.09. The zero-order chi connectivity index (χ0) is 10.8. The first kappa shape index (κ1) is 9.32. The highest BCUT2D eigenvalue weighted by atomic mass is 16.4. The van der Waals surface area contributed by atoms with Gasteiger partial charge in [0.25, 0.3) is 0 Å². The van der Waals surface area contributed by atoms with Crippen LogP contribution in [0.3, 0.4) is 0 Å². The fourth-order valence-corrected chi connectivity index (χ4v) is 1.21. The molecule has 0 fully saturated rings. The minimum absolute atomic E-state index is 0.0742. The topological polar surface area (TPSA) is 80.9 Å². The number of hydrogen-bond donors (Lipinski definition) is 1. The molecule has 2 aromatic rings. The van der Waals surface area contributed by atoms with Crippen LogP contribution in [0.5, 0.6) is 0 Å². The standard InChI is InChI=1S/C9H8N4O2/c1-6-4-7(12-11-5-6)13-3-2-10-8(13)9(14)15/h2-5H,1H3,(H,14,15). The summed E-state index contributed by atoms with van der Waals surface area (Å²) in [4.78, 5) is 14.5. The molecule has 0 saturated heterocycles. The average molecular weight is 204 g/mol. The third-order valence-corrected chi connectivity index (χ3v) is 1.86. The Morgan fingerprint density at radius 3 is 3.00 bits per heavy atom. The molecule has 15 heavy (non-hydrogen) atoms. The number of carbonyl (C=O) groups is 1. The SMILES string of the molecule is Cc1cnnc(-n2ccnc2C(=O)O)c1. The van der Waals surface area contributed by atoms with Crippen molar-refractivity contribution in [3.8, 4) is 5.82 Å². The number of imidazole rings is 1. The Labute approximate surface area is 85.2 Å². The van der Waals surface area contributed by atoms with Gasteiger partial charge >= 0.3 is 5.97 Å². The van der Waals surface area contributed by atoms with Crippen molar-refractivity contribution in [2.24, 2.45) is 0 Å². The van der Waals surface area contributed by atoms with E-state index in [4.69, 9.17) is 5.11 Å². The van der Waals surface area contributed by atoms with E-state index in [1.54, 1.807) is 12.3 Å². The van der Waals surface area contributed by atoms with Gasteiger partial charge in [0.1, 0.15) is 0 Å². The van der Waals surface area contributed by atoms with Crippen LogP contribution in [0.4, 0.5) is 0 Å². The van der Waals surface area contributed by atoms with Crippen molar-refractivity contribution in [1.29, 1.82) is 0 Å². The molecule has 2 heterocycles. The van der Waals surface area contributed by atoms with Crippen LogP contribution in [0.2, 0.25) is 0 Å². The lowest BCUT2D eigenvalue weighted by molar-refractivity contribution is 0.0681. The third kappa shape index (κ3) is 1.69. The van der Waals surface area contributed by atoms with Crippen molar-refractivity contribution < 1.29 is 9.90 Å². The van der Waals surface area contributed by atoms with E-state index in [1.165, 1.54) is 17.0 Å². The molecule has 0 spiro atoms. The molecule has 76 valence electrons. The molecule has 1 N–H and O–H groups in total. The summed E-state index contributed by atoms with van der Waals surface area (Å²) in [7, 11) is 0. The smallest absolute Gasteiger partial charge is 0.372 e. The second-order valence-electron chi connectivity index (χ2n) is 3.02. The predicted octanol–water partition coefficient (Wildman–Crippen LogP) is 0.669. The van der Waals surface area contributed by atoms with Gasteiger partial charge in [-0.15, -0.1) is 5.10 Å². The average Bonchev–Trinajstić information content (AvgIpc) is 2.65. The Morgan fingerprint density at radius 2 is 2.33 bits per heavy atom. The Hall–Kier alpha value is -2.24. The number of aromatic carboxylic acids is 1. The summed E-state index contributed by atoms with van der Waals surface area (Å²) in [5.74, 6) is -0.719. The van der Waals surface area contributed by atoms with Gasteiger partial charge in [0.05, 0.1) is 6.20 Å². The first-order valence-electron chi connectivity index (χ1n) is 4.25. The molecule has 2 rings (SSSR count). The highest BCUT2D eigenvalue weighted by Gasteiger charge is 2.12. The lowest BCUT2D eigenvalue weighted by atomic mass is 10.3. The van der Waals surface area contributed by atoms with Gasteiger partial charge in [-0.1, -0.05) is 0 Å². The lowest BCUT2D eigenvalue weighted by Crippen LogP contribution is -2.09. The molecule has 6 heteroatoms. The highest BCUT2D eigenvalue weighted by molar-refractivity contribution is 5.84. The van der Waals surface area contributed by atoms with Crippen LogP contribution >= 0.6 is 0 Å². The summed E-state index contributed by atoms with van der Waals surface area (Å²) < 4.78 is 1.38. The van der Waals surface area contributed by atoms with E-state index in [0.717, 1.165) is 5.56 Å². The number of aryl methyl sites for hydroxylation is 1. The Bertz CT molecular complexity index is 506. The molecule has 0 radical (unpaired) electrons. The molecule has 0 bridgehead atoms. The Morgan fingerprint density at radius 1 is 1.53 bits per heavy atom. The number of carboxylic acids is 1. The summed E-state index contributed by atoms with van der Waals surface area (Å²) >= 11 is 0. The van der Waals surface area contributed by atoms with Crippen molar-refractivity contribution >= 4 is 5.97 Å². The van der Waals surface area contributed by atoms with E-state index in [0.29, 0.717) is 5.82 Å². The van der Waals surface area contributed by atoms with Crippen LogP contribution in [0.25, 0.3) is 5.82 Å². The molecule has 0 atom stereocenters. The maximum Gasteiger partial charge on any atom is 0.372 e. The summed E-state index contributed by atoms with van der Waals surface area (Å²) in [5.41, 5.74) is 0.907. The van der Waals surface area contributed by atoms with Gasteiger partial charge in [-0.2, -0.15) is 5.10 Å². The molecule has 0 unspecified atom stereocenters. The number of carboxylic acid groups (broad SMARTS) is 1. The number of rotatable bonds is 2. The summed E-state index contributed by atoms with van der Waals surface area (Å²) in [6.07, 6.45) is 4.54. The van der Waals surface area contributed by atoms with Crippen LogP contribution < -0.4 is 0 Å². The summed E-state index contributed by atoms with van der Waals surface area (Å²) in [6, 6.07) is 1.74. The molecule has 0 aliphatic carbocycles. The number of aromatic nitrogens is 4. The van der Waals surface area contributed by atoms with Gasteiger partial charge in [0, 0.05) is 12.4 Å². The van der Waals surface area contributed by atoms with Gasteiger partial charge in [-0.25, -0.2) is 9.78 Å². The zero-order valence-corrected chi connectivity index (χ0v) is 7.95. The van der Waals surface area contributed by atoms with Crippen LogP contribution in [0.1, 0.15) is 16.2 Å². The largest absolute Gasteiger partial charge is 0.475 e. The monoisotopic (exact) mass is 204 g/mol. The lowest BCUT2D eigenvalue weighted by Gasteiger charge is -2.02. The molecular formula is C9H8N4O2. The van der Waals surface area contributed by atoms with Crippen molar-refractivity contribution in [2.75, 3.05) is 0 Å². The quantitative estimate of drug-likeness (QED) is 0.777. The van der Waals surface area contributed by atoms with Crippen molar-refractivity contribution in [3.63, 3.8) is 0 Å². The molecular weight excluding hydrogens is 196 g/mol. The van der Waals surface area contributed by atoms with Crippen LogP contribution in [0, 0.1) is 6.92 Å². The van der Waals surface area contributed by atoms with Gasteiger partial charge in [0.15, 0.2) is 5.82 Å². The van der Waals surface area contributed by atoms with Crippen molar-refractivity contribution in [3.05, 3.63) is 36.0 Å². The van der Waals surface area contributed by atoms with Gasteiger partial charge < -0.3 is 5.11 Å². The van der Waals surface area contributed by atoms with E-state index >= 15 is 0 Å². The molecule has 0 aromatic carbocycles. The molecule has 0 saturated carbocycles. The highest BCUT2D eigenvalue weighted by Crippen LogP contribution is 2.08. The maximum absolute atomic E-state index is 10.8. The van der Waals surface area contributed by atoms with E-state index in [9.17, 15) is 4.79 Å². The number of nitrogens with zero attached hydrogens (tertiary/aromatic N) is 4. The third-order valence-electron chi connectivity index (χ3n) is 1.86. The van der Waals surface area contributed by atoms with Gasteiger partial charge in [-0.05, 0) is 18.6 Å². The number of hydrogen-bond acceptors (Lipinski definition) is 4. The van der Waals surface area contributed by atoms with E-state index < -0.39 is 5.97 Å².